The van der Waals surface area contributed by atoms with Crippen molar-refractivity contribution < 1.29 is 9.63 Å². The summed E-state index contributed by atoms with van der Waals surface area (Å²) in [4.78, 5) is 16.2. The van der Waals surface area contributed by atoms with Crippen molar-refractivity contribution in [2.75, 3.05) is 6.54 Å². The van der Waals surface area contributed by atoms with Crippen LogP contribution in [0.3, 0.4) is 0 Å². The average molecular weight is 170 g/mol. The minimum Gasteiger partial charge on any atom is -0.383 e. The largest absolute Gasteiger partial charge is 0.383 e. The number of urea groups is 1. The van der Waals surface area contributed by atoms with Crippen LogP contribution in [0.25, 0.3) is 0 Å². The summed E-state index contributed by atoms with van der Waals surface area (Å²) in [7, 11) is 0. The van der Waals surface area contributed by atoms with Crippen LogP contribution < -0.4 is 5.32 Å². The minimum absolute atomic E-state index is 0.201. The predicted octanol–water partition coefficient (Wildman–Crippen LogP) is 1.26. The van der Waals surface area contributed by atoms with Crippen LogP contribution in [0.15, 0.2) is 12.3 Å². The Hall–Kier alpha value is -1.19. The molecule has 1 aliphatic heterocycles. The predicted molar refractivity (Wildman–Crippen MR) is 45.2 cm³/mol. The molecule has 0 aromatic heterocycles. The van der Waals surface area contributed by atoms with Crippen molar-refractivity contribution in [1.29, 1.82) is 0 Å². The van der Waals surface area contributed by atoms with Crippen LogP contribution in [0.5, 0.6) is 0 Å². The van der Waals surface area contributed by atoms with Gasteiger partial charge >= 0.3 is 6.03 Å². The van der Waals surface area contributed by atoms with Crippen molar-refractivity contribution in [3.63, 3.8) is 0 Å². The highest BCUT2D eigenvalue weighted by Crippen LogP contribution is 2.05. The molecule has 1 N–H and O–H groups in total. The first-order valence-corrected chi connectivity index (χ1v) is 3.90. The maximum atomic E-state index is 11.3. The molecule has 0 radical (unpaired) electrons. The SMILES string of the molecule is CC(C)(C)NC(=O)N1CC=CO1. The Morgan fingerprint density at radius 2 is 2.25 bits per heavy atom. The van der Waals surface area contributed by atoms with E-state index in [1.807, 2.05) is 20.8 Å². The first-order valence-electron chi connectivity index (χ1n) is 3.90. The van der Waals surface area contributed by atoms with Crippen LogP contribution in [0.2, 0.25) is 0 Å². The van der Waals surface area contributed by atoms with E-state index in [-0.39, 0.29) is 11.6 Å². The molecule has 0 saturated heterocycles. The normalized spacial score (nSPS) is 16.1. The summed E-state index contributed by atoms with van der Waals surface area (Å²) in [6.45, 7) is 6.29. The summed E-state index contributed by atoms with van der Waals surface area (Å²) in [5.74, 6) is 0. The zero-order valence-electron chi connectivity index (χ0n) is 7.63. The molecule has 0 atom stereocenters. The van der Waals surface area contributed by atoms with Crippen LogP contribution in [0.4, 0.5) is 4.79 Å². The average Bonchev–Trinajstić information content (AvgIpc) is 2.32. The molecule has 4 nitrogen and oxygen atoms in total. The van der Waals surface area contributed by atoms with Crippen molar-refractivity contribution in [3.8, 4) is 0 Å². The second kappa shape index (κ2) is 3.05. The standard InChI is InChI=1S/C8H14N2O2/c1-8(2,3)9-7(11)10-5-4-6-12-10/h4,6H,5H2,1-3H3,(H,9,11). The summed E-state index contributed by atoms with van der Waals surface area (Å²) in [6.07, 6.45) is 3.28. The molecule has 0 unspecified atom stereocenters. The molecule has 0 bridgehead atoms. The highest BCUT2D eigenvalue weighted by atomic mass is 16.7. The number of hydroxylamine groups is 2. The van der Waals surface area contributed by atoms with E-state index < -0.39 is 0 Å². The molecule has 0 aromatic rings. The fourth-order valence-electron chi connectivity index (χ4n) is 0.812. The van der Waals surface area contributed by atoms with Gasteiger partial charge in [0, 0.05) is 5.54 Å². The van der Waals surface area contributed by atoms with Crippen molar-refractivity contribution in [3.05, 3.63) is 12.3 Å². The number of carbonyl (C=O) groups excluding carboxylic acids is 1. The summed E-state index contributed by atoms with van der Waals surface area (Å²) < 4.78 is 0. The molecule has 0 aliphatic carbocycles. The van der Waals surface area contributed by atoms with Gasteiger partial charge in [-0.2, -0.15) is 5.06 Å². The highest BCUT2D eigenvalue weighted by molar-refractivity contribution is 5.74. The van der Waals surface area contributed by atoms with Crippen LogP contribution in [-0.4, -0.2) is 23.2 Å². The molecular weight excluding hydrogens is 156 g/mol. The van der Waals surface area contributed by atoms with E-state index >= 15 is 0 Å². The lowest BCUT2D eigenvalue weighted by atomic mass is 10.1. The van der Waals surface area contributed by atoms with Gasteiger partial charge in [0.1, 0.15) is 6.26 Å². The first kappa shape index (κ1) is 8.90. The van der Waals surface area contributed by atoms with Gasteiger partial charge in [-0.25, -0.2) is 4.79 Å². The van der Waals surface area contributed by atoms with Crippen molar-refractivity contribution in [1.82, 2.24) is 10.4 Å². The van der Waals surface area contributed by atoms with Crippen molar-refractivity contribution in [2.45, 2.75) is 26.3 Å². The molecule has 68 valence electrons. The van der Waals surface area contributed by atoms with Gasteiger partial charge in [-0.3, -0.25) is 0 Å². The Balaban J connectivity index is 2.39. The molecule has 4 heteroatoms. The van der Waals surface area contributed by atoms with Crippen molar-refractivity contribution in [2.24, 2.45) is 0 Å². The second-order valence-corrected chi connectivity index (χ2v) is 3.72. The molecule has 2 amide bonds. The molecule has 0 saturated carbocycles. The van der Waals surface area contributed by atoms with Crippen LogP contribution in [0, 0.1) is 0 Å². The van der Waals surface area contributed by atoms with E-state index in [9.17, 15) is 4.79 Å². The zero-order valence-corrected chi connectivity index (χ0v) is 7.63. The fraction of sp³-hybridized carbons (Fsp3) is 0.625. The molecule has 1 rings (SSSR count). The molecule has 1 aliphatic rings. The van der Waals surface area contributed by atoms with Gasteiger partial charge in [-0.05, 0) is 26.8 Å². The Morgan fingerprint density at radius 1 is 1.58 bits per heavy atom. The topological polar surface area (TPSA) is 41.6 Å². The lowest BCUT2D eigenvalue weighted by molar-refractivity contribution is -0.0319. The van der Waals surface area contributed by atoms with Crippen molar-refractivity contribution >= 4 is 6.03 Å². The lowest BCUT2D eigenvalue weighted by Gasteiger charge is -2.24. The molecule has 0 aromatic carbocycles. The number of amides is 2. The quantitative estimate of drug-likeness (QED) is 0.594. The molecule has 1 heterocycles. The number of nitrogens with one attached hydrogen (secondary N) is 1. The van der Waals surface area contributed by atoms with Gasteiger partial charge in [0.25, 0.3) is 0 Å². The third-order valence-electron chi connectivity index (χ3n) is 1.26. The molecule has 0 spiro atoms. The van der Waals surface area contributed by atoms with Gasteiger partial charge in [0.2, 0.25) is 0 Å². The summed E-state index contributed by atoms with van der Waals surface area (Å²) in [5.41, 5.74) is -0.219. The third kappa shape index (κ3) is 2.45. The highest BCUT2D eigenvalue weighted by Gasteiger charge is 2.21. The van der Waals surface area contributed by atoms with E-state index in [0.29, 0.717) is 6.54 Å². The molecule has 12 heavy (non-hydrogen) atoms. The van der Waals surface area contributed by atoms with Crippen LogP contribution in [-0.2, 0) is 4.84 Å². The van der Waals surface area contributed by atoms with E-state index in [2.05, 4.69) is 5.32 Å². The van der Waals surface area contributed by atoms with Crippen LogP contribution in [0.1, 0.15) is 20.8 Å². The van der Waals surface area contributed by atoms with Gasteiger partial charge in [-0.1, -0.05) is 0 Å². The Labute approximate surface area is 72.1 Å². The maximum absolute atomic E-state index is 11.3. The Kier molecular flexibility index (Phi) is 2.26. The number of hydrogen-bond donors (Lipinski definition) is 1. The monoisotopic (exact) mass is 170 g/mol. The van der Waals surface area contributed by atoms with Crippen LogP contribution >= 0.6 is 0 Å². The maximum Gasteiger partial charge on any atom is 0.351 e. The third-order valence-corrected chi connectivity index (χ3v) is 1.26. The summed E-state index contributed by atoms with van der Waals surface area (Å²) in [6, 6.07) is -0.201. The van der Waals surface area contributed by atoms with E-state index in [0.717, 1.165) is 0 Å². The second-order valence-electron chi connectivity index (χ2n) is 3.72. The summed E-state index contributed by atoms with van der Waals surface area (Å²) in [5, 5.41) is 4.05. The van der Waals surface area contributed by atoms with E-state index in [1.165, 1.54) is 11.3 Å². The minimum atomic E-state index is -0.219. The number of nitrogens with zero attached hydrogens (tertiary/aromatic N) is 1. The van der Waals surface area contributed by atoms with E-state index in [1.54, 1.807) is 6.08 Å². The number of rotatable bonds is 0. The van der Waals surface area contributed by atoms with E-state index in [4.69, 9.17) is 4.84 Å². The zero-order chi connectivity index (χ0) is 9.19. The Bertz CT molecular complexity index is 198. The fourth-order valence-corrected chi connectivity index (χ4v) is 0.812. The molecular formula is C8H14N2O2. The number of hydrogen-bond acceptors (Lipinski definition) is 2. The Morgan fingerprint density at radius 3 is 2.67 bits per heavy atom. The first-order chi connectivity index (χ1) is 5.49. The van der Waals surface area contributed by atoms with Gasteiger partial charge < -0.3 is 10.2 Å². The lowest BCUT2D eigenvalue weighted by Crippen LogP contribution is -2.47. The number of carbonyl (C=O) groups is 1. The van der Waals surface area contributed by atoms with Gasteiger partial charge in [0.15, 0.2) is 0 Å². The van der Waals surface area contributed by atoms with Gasteiger partial charge in [-0.15, -0.1) is 0 Å². The summed E-state index contributed by atoms with van der Waals surface area (Å²) >= 11 is 0. The van der Waals surface area contributed by atoms with Gasteiger partial charge in [0.05, 0.1) is 6.54 Å². The molecule has 0 fully saturated rings. The smallest absolute Gasteiger partial charge is 0.351 e.